The largest absolute Gasteiger partial charge is 0.524 e. The third-order valence-corrected chi connectivity index (χ3v) is 6.56. The van der Waals surface area contributed by atoms with Crippen LogP contribution in [0, 0.1) is 0 Å². The van der Waals surface area contributed by atoms with Crippen LogP contribution in [0.1, 0.15) is 45.1 Å². The van der Waals surface area contributed by atoms with Gasteiger partial charge >= 0.3 is 7.82 Å². The van der Waals surface area contributed by atoms with Gasteiger partial charge in [0.1, 0.15) is 23.9 Å². The minimum absolute atomic E-state index is 0.00118. The molecule has 0 unspecified atom stereocenters. The lowest BCUT2D eigenvalue weighted by Gasteiger charge is -2.43. The van der Waals surface area contributed by atoms with E-state index < -0.39 is 43.7 Å². The Morgan fingerprint density at radius 3 is 2.45 bits per heavy atom. The summed E-state index contributed by atoms with van der Waals surface area (Å²) < 4.78 is 15.5. The van der Waals surface area contributed by atoms with Gasteiger partial charge in [0.2, 0.25) is 23.6 Å². The highest BCUT2D eigenvalue weighted by molar-refractivity contribution is 7.46. The molecule has 0 bridgehead atoms. The molecule has 2 aliphatic heterocycles. The van der Waals surface area contributed by atoms with E-state index in [0.29, 0.717) is 24.9 Å². The summed E-state index contributed by atoms with van der Waals surface area (Å²) in [5, 5.41) is 10.3. The molecule has 0 radical (unpaired) electrons. The van der Waals surface area contributed by atoms with Gasteiger partial charge in [-0.3, -0.25) is 38.8 Å². The van der Waals surface area contributed by atoms with E-state index in [-0.39, 0.29) is 43.4 Å². The Hall–Kier alpha value is -3.48. The topological polar surface area (TPSA) is 195 Å². The molecule has 15 heteroatoms. The highest BCUT2D eigenvalue weighted by Gasteiger charge is 2.44. The number of phosphoric ester groups is 1. The van der Waals surface area contributed by atoms with Crippen LogP contribution in [0.5, 0.6) is 5.75 Å². The fourth-order valence-electron chi connectivity index (χ4n) is 4.48. The molecule has 3 atom stereocenters. The van der Waals surface area contributed by atoms with E-state index in [0.717, 1.165) is 5.01 Å². The molecule has 3 rings (SSSR count). The maximum absolute atomic E-state index is 13.5. The van der Waals surface area contributed by atoms with Crippen molar-refractivity contribution in [3.63, 3.8) is 0 Å². The summed E-state index contributed by atoms with van der Waals surface area (Å²) in [5.41, 5.74) is 0.540. The number of hydrogen-bond donors (Lipinski definition) is 5. The summed E-state index contributed by atoms with van der Waals surface area (Å²) in [7, 11) is -4.73. The Kier molecular flexibility index (Phi) is 9.47. The molecular formula is C23H32N5O9P. The predicted octanol–water partition coefficient (Wildman–Crippen LogP) is -0.645. The zero-order valence-corrected chi connectivity index (χ0v) is 22.0. The zero-order valence-electron chi connectivity index (χ0n) is 21.1. The molecule has 5 amide bonds. The van der Waals surface area contributed by atoms with Gasteiger partial charge in [-0.1, -0.05) is 12.1 Å². The molecule has 0 spiro atoms. The van der Waals surface area contributed by atoms with E-state index in [1.54, 1.807) is 6.92 Å². The number of carbonyl (C=O) groups is 5. The summed E-state index contributed by atoms with van der Waals surface area (Å²) in [5.74, 6) is -2.52. The average molecular weight is 554 g/mol. The monoisotopic (exact) mass is 553 g/mol. The maximum Gasteiger partial charge on any atom is 0.524 e. The molecule has 1 aromatic rings. The molecule has 2 heterocycles. The standard InChI is InChI=1S/C23H32N5O9P/c1-3-24-22(32)19-5-4-12-27-20(30)11-10-17(23(33)28(19)27)26-21(31)18(25-14(2)29)13-15-6-8-16(9-7-15)37-38(34,35)36/h6-9,17-19H,3-5,10-13H2,1-2H3,(H,24,32)(H,25,29)(H,26,31)(H2,34,35,36)/t17-,18-,19-/m0/s1. The molecule has 0 saturated carbocycles. The van der Waals surface area contributed by atoms with Crippen LogP contribution in [0.4, 0.5) is 0 Å². The van der Waals surface area contributed by atoms with E-state index in [1.807, 2.05) is 0 Å². The quantitative estimate of drug-likeness (QED) is 0.247. The van der Waals surface area contributed by atoms with Gasteiger partial charge in [0, 0.05) is 32.9 Å². The number of hydrazine groups is 1. The number of benzene rings is 1. The fraction of sp³-hybridized carbons (Fsp3) is 0.522. The Morgan fingerprint density at radius 2 is 1.84 bits per heavy atom. The third kappa shape index (κ3) is 7.53. The normalized spacial score (nSPS) is 20.6. The van der Waals surface area contributed by atoms with Crippen molar-refractivity contribution in [1.29, 1.82) is 0 Å². The van der Waals surface area contributed by atoms with E-state index in [4.69, 9.17) is 9.79 Å². The number of fused-ring (bicyclic) bond motifs is 1. The van der Waals surface area contributed by atoms with Gasteiger partial charge in [-0.05, 0) is 43.9 Å². The first kappa shape index (κ1) is 29.1. The van der Waals surface area contributed by atoms with Crippen LogP contribution >= 0.6 is 7.82 Å². The average Bonchev–Trinajstić information content (AvgIpc) is 2.96. The van der Waals surface area contributed by atoms with Crippen molar-refractivity contribution in [2.75, 3.05) is 13.1 Å². The Morgan fingerprint density at radius 1 is 1.16 bits per heavy atom. The number of nitrogens with zero attached hydrogens (tertiary/aromatic N) is 2. The van der Waals surface area contributed by atoms with Crippen LogP contribution in [0.15, 0.2) is 24.3 Å². The molecule has 1 aromatic carbocycles. The molecule has 5 N–H and O–H groups in total. The molecule has 208 valence electrons. The number of likely N-dealkylation sites (N-methyl/N-ethyl adjacent to an activating group) is 1. The summed E-state index contributed by atoms with van der Waals surface area (Å²) in [4.78, 5) is 81.8. The number of nitrogens with one attached hydrogen (secondary N) is 3. The van der Waals surface area contributed by atoms with Crippen LogP contribution in [-0.4, -0.2) is 80.6 Å². The second-order valence-corrected chi connectivity index (χ2v) is 10.2. The molecule has 2 fully saturated rings. The lowest BCUT2D eigenvalue weighted by molar-refractivity contribution is -0.176. The first-order valence-corrected chi connectivity index (χ1v) is 13.7. The van der Waals surface area contributed by atoms with Crippen LogP contribution in [0.25, 0.3) is 0 Å². The molecule has 38 heavy (non-hydrogen) atoms. The Bertz CT molecular complexity index is 1120. The fourth-order valence-corrected chi connectivity index (χ4v) is 4.88. The number of phosphoric acid groups is 1. The highest BCUT2D eigenvalue weighted by atomic mass is 31.2. The van der Waals surface area contributed by atoms with Crippen molar-refractivity contribution in [1.82, 2.24) is 26.0 Å². The van der Waals surface area contributed by atoms with Gasteiger partial charge in [0.05, 0.1) is 0 Å². The van der Waals surface area contributed by atoms with Gasteiger partial charge in [0.25, 0.3) is 5.91 Å². The minimum atomic E-state index is -4.73. The van der Waals surface area contributed by atoms with Crippen molar-refractivity contribution >= 4 is 37.4 Å². The molecule has 14 nitrogen and oxygen atoms in total. The smallest absolute Gasteiger partial charge is 0.404 e. The van der Waals surface area contributed by atoms with E-state index in [2.05, 4.69) is 20.5 Å². The Labute approximate surface area is 219 Å². The SMILES string of the molecule is CCNC(=O)[C@@H]1CCCN2C(=O)CC[C@H](NC(=O)[C@H](Cc3ccc(OP(=O)(O)O)cc3)NC(C)=O)C(=O)N12. The summed E-state index contributed by atoms with van der Waals surface area (Å²) >= 11 is 0. The van der Waals surface area contributed by atoms with Gasteiger partial charge < -0.3 is 20.5 Å². The number of carbonyl (C=O) groups excluding carboxylic acids is 5. The maximum atomic E-state index is 13.5. The van der Waals surface area contributed by atoms with Crippen LogP contribution in [-0.2, 0) is 35.0 Å². The van der Waals surface area contributed by atoms with Crippen LogP contribution in [0.3, 0.4) is 0 Å². The summed E-state index contributed by atoms with van der Waals surface area (Å²) in [6.07, 6.45) is 0.939. The van der Waals surface area contributed by atoms with Crippen molar-refractivity contribution in [3.05, 3.63) is 29.8 Å². The van der Waals surface area contributed by atoms with Crippen molar-refractivity contribution in [2.24, 2.45) is 0 Å². The molecule has 2 aliphatic rings. The van der Waals surface area contributed by atoms with Crippen molar-refractivity contribution < 1.29 is 42.8 Å². The molecule has 0 aliphatic carbocycles. The first-order valence-electron chi connectivity index (χ1n) is 12.2. The van der Waals surface area contributed by atoms with Crippen molar-refractivity contribution in [3.8, 4) is 5.75 Å². The number of hydrogen-bond acceptors (Lipinski definition) is 7. The van der Waals surface area contributed by atoms with Gasteiger partial charge in [-0.15, -0.1) is 0 Å². The lowest BCUT2D eigenvalue weighted by Crippen LogP contribution is -2.64. The second-order valence-electron chi connectivity index (χ2n) is 9.04. The van der Waals surface area contributed by atoms with Crippen LogP contribution in [0.2, 0.25) is 0 Å². The van der Waals surface area contributed by atoms with Gasteiger partial charge in [-0.2, -0.15) is 0 Å². The van der Waals surface area contributed by atoms with E-state index in [9.17, 15) is 28.5 Å². The first-order chi connectivity index (χ1) is 17.9. The molecular weight excluding hydrogens is 521 g/mol. The van der Waals surface area contributed by atoms with E-state index >= 15 is 0 Å². The van der Waals surface area contributed by atoms with E-state index in [1.165, 1.54) is 36.2 Å². The lowest BCUT2D eigenvalue weighted by atomic mass is 10.0. The predicted molar refractivity (Wildman–Crippen MR) is 132 cm³/mol. The van der Waals surface area contributed by atoms with Crippen molar-refractivity contribution in [2.45, 2.75) is 64.1 Å². The number of rotatable bonds is 9. The highest BCUT2D eigenvalue weighted by Crippen LogP contribution is 2.37. The second kappa shape index (κ2) is 12.4. The van der Waals surface area contributed by atoms with Gasteiger partial charge in [-0.25, -0.2) is 9.57 Å². The summed E-state index contributed by atoms with van der Waals surface area (Å²) in [6, 6.07) is 2.51. The zero-order chi connectivity index (χ0) is 28.0. The van der Waals surface area contributed by atoms with Gasteiger partial charge in [0.15, 0.2) is 0 Å². The number of amides is 5. The molecule has 2 saturated heterocycles. The Balaban J connectivity index is 1.77. The third-order valence-electron chi connectivity index (χ3n) is 6.11. The minimum Gasteiger partial charge on any atom is -0.404 e. The summed E-state index contributed by atoms with van der Waals surface area (Å²) in [6.45, 7) is 3.63. The van der Waals surface area contributed by atoms with Crippen LogP contribution < -0.4 is 20.5 Å². The molecule has 0 aromatic heterocycles.